The van der Waals surface area contributed by atoms with E-state index in [1.807, 2.05) is 0 Å². The number of rotatable bonds is 5. The summed E-state index contributed by atoms with van der Waals surface area (Å²) in [5.41, 5.74) is 0.557. The second-order valence-electron chi connectivity index (χ2n) is 5.87. The molecule has 94 valence electrons. The molecule has 0 radical (unpaired) electrons. The number of nitrogens with zero attached hydrogens (tertiary/aromatic N) is 1. The van der Waals surface area contributed by atoms with Gasteiger partial charge in [0.15, 0.2) is 0 Å². The van der Waals surface area contributed by atoms with Gasteiger partial charge in [0.05, 0.1) is 0 Å². The second-order valence-corrected chi connectivity index (χ2v) is 6.18. The lowest BCUT2D eigenvalue weighted by Crippen LogP contribution is -2.42. The molecule has 0 amide bonds. The average molecular weight is 241 g/mol. The van der Waals surface area contributed by atoms with Crippen molar-refractivity contribution in [3.8, 4) is 0 Å². The Bertz CT molecular complexity index is 205. The first-order valence-electron chi connectivity index (χ1n) is 7.14. The van der Waals surface area contributed by atoms with Gasteiger partial charge in [-0.1, -0.05) is 32.6 Å². The number of thiol groups is 1. The quantitative estimate of drug-likeness (QED) is 0.718. The van der Waals surface area contributed by atoms with Gasteiger partial charge < -0.3 is 4.90 Å². The van der Waals surface area contributed by atoms with Crippen molar-refractivity contribution in [1.82, 2.24) is 4.90 Å². The maximum atomic E-state index is 4.63. The monoisotopic (exact) mass is 241 g/mol. The zero-order valence-corrected chi connectivity index (χ0v) is 11.6. The Kier molecular flexibility index (Phi) is 4.60. The average Bonchev–Trinajstić information content (AvgIpc) is 2.98. The van der Waals surface area contributed by atoms with Crippen molar-refractivity contribution in [1.29, 1.82) is 0 Å². The Labute approximate surface area is 106 Å². The molecule has 0 aromatic rings. The van der Waals surface area contributed by atoms with E-state index < -0.39 is 0 Å². The Morgan fingerprint density at radius 2 is 1.75 bits per heavy atom. The van der Waals surface area contributed by atoms with E-state index in [9.17, 15) is 0 Å². The van der Waals surface area contributed by atoms with Crippen molar-refractivity contribution in [3.05, 3.63) is 0 Å². The topological polar surface area (TPSA) is 3.24 Å². The van der Waals surface area contributed by atoms with Crippen LogP contribution in [0.3, 0.4) is 0 Å². The van der Waals surface area contributed by atoms with Crippen molar-refractivity contribution in [2.75, 3.05) is 18.8 Å². The Balaban J connectivity index is 1.93. The van der Waals surface area contributed by atoms with Gasteiger partial charge in [0.1, 0.15) is 0 Å². The van der Waals surface area contributed by atoms with Gasteiger partial charge in [0.25, 0.3) is 0 Å². The van der Waals surface area contributed by atoms with Gasteiger partial charge in [0, 0.05) is 12.6 Å². The van der Waals surface area contributed by atoms with Crippen molar-refractivity contribution >= 4 is 12.6 Å². The van der Waals surface area contributed by atoms with Crippen LogP contribution in [0.25, 0.3) is 0 Å². The van der Waals surface area contributed by atoms with Crippen LogP contribution in [0.4, 0.5) is 0 Å². The van der Waals surface area contributed by atoms with Gasteiger partial charge in [-0.25, -0.2) is 0 Å². The zero-order valence-electron chi connectivity index (χ0n) is 10.7. The number of hydrogen-bond acceptors (Lipinski definition) is 2. The molecular weight excluding hydrogens is 214 g/mol. The Morgan fingerprint density at radius 3 is 2.25 bits per heavy atom. The summed E-state index contributed by atoms with van der Waals surface area (Å²) in [5.74, 6) is 1.09. The molecule has 0 aromatic carbocycles. The SMILES string of the molecule is CCN(CC1(CS)CCCC1)C1CCCC1. The molecule has 16 heavy (non-hydrogen) atoms. The van der Waals surface area contributed by atoms with E-state index in [0.29, 0.717) is 5.41 Å². The van der Waals surface area contributed by atoms with Gasteiger partial charge >= 0.3 is 0 Å². The summed E-state index contributed by atoms with van der Waals surface area (Å²) in [5, 5.41) is 0. The lowest BCUT2D eigenvalue weighted by molar-refractivity contribution is 0.132. The molecule has 0 saturated heterocycles. The Morgan fingerprint density at radius 1 is 1.12 bits per heavy atom. The van der Waals surface area contributed by atoms with Crippen molar-refractivity contribution in [2.24, 2.45) is 5.41 Å². The standard InChI is InChI=1S/C14H27NS/c1-2-15(13-7-3-4-8-13)11-14(12-16)9-5-6-10-14/h13,16H,2-12H2,1H3. The highest BCUT2D eigenvalue weighted by molar-refractivity contribution is 7.80. The van der Waals surface area contributed by atoms with E-state index >= 15 is 0 Å². The molecule has 0 aromatic heterocycles. The van der Waals surface area contributed by atoms with Crippen LogP contribution in [0, 0.1) is 5.41 Å². The fourth-order valence-corrected chi connectivity index (χ4v) is 4.11. The van der Waals surface area contributed by atoms with Crippen LogP contribution >= 0.6 is 12.6 Å². The predicted octanol–water partition coefficient (Wildman–Crippen LogP) is 3.74. The summed E-state index contributed by atoms with van der Waals surface area (Å²) < 4.78 is 0. The lowest BCUT2D eigenvalue weighted by Gasteiger charge is -2.37. The maximum absolute atomic E-state index is 4.63. The maximum Gasteiger partial charge on any atom is 0.00953 e. The molecule has 2 aliphatic rings. The van der Waals surface area contributed by atoms with Crippen LogP contribution in [0.1, 0.15) is 58.3 Å². The molecule has 2 fully saturated rings. The highest BCUT2D eigenvalue weighted by Gasteiger charge is 2.36. The molecule has 2 rings (SSSR count). The van der Waals surface area contributed by atoms with Crippen molar-refractivity contribution in [2.45, 2.75) is 64.3 Å². The molecule has 0 N–H and O–H groups in total. The number of hydrogen-bond donors (Lipinski definition) is 1. The van der Waals surface area contributed by atoms with E-state index in [1.54, 1.807) is 0 Å². The smallest absolute Gasteiger partial charge is 0.00953 e. The van der Waals surface area contributed by atoms with E-state index in [-0.39, 0.29) is 0 Å². The van der Waals surface area contributed by atoms with Gasteiger partial charge in [0.2, 0.25) is 0 Å². The van der Waals surface area contributed by atoms with E-state index in [4.69, 9.17) is 0 Å². The molecule has 0 spiro atoms. The fourth-order valence-electron chi connectivity index (χ4n) is 3.69. The summed E-state index contributed by atoms with van der Waals surface area (Å²) in [7, 11) is 0. The van der Waals surface area contributed by atoms with Gasteiger partial charge in [-0.3, -0.25) is 0 Å². The minimum Gasteiger partial charge on any atom is -0.300 e. The highest BCUT2D eigenvalue weighted by Crippen LogP contribution is 2.40. The van der Waals surface area contributed by atoms with Gasteiger partial charge in [-0.05, 0) is 43.4 Å². The van der Waals surface area contributed by atoms with Crippen LogP contribution in [-0.2, 0) is 0 Å². The highest BCUT2D eigenvalue weighted by atomic mass is 32.1. The lowest BCUT2D eigenvalue weighted by atomic mass is 9.87. The summed E-state index contributed by atoms with van der Waals surface area (Å²) >= 11 is 4.63. The summed E-state index contributed by atoms with van der Waals surface area (Å²) in [6.07, 6.45) is 11.5. The first kappa shape index (κ1) is 12.8. The minimum atomic E-state index is 0.557. The zero-order chi connectivity index (χ0) is 11.4. The summed E-state index contributed by atoms with van der Waals surface area (Å²) in [6, 6.07) is 0.891. The third-order valence-corrected chi connectivity index (χ3v) is 5.46. The first-order chi connectivity index (χ1) is 7.79. The van der Waals surface area contributed by atoms with Crippen molar-refractivity contribution < 1.29 is 0 Å². The second kappa shape index (κ2) is 5.77. The normalized spacial score (nSPS) is 25.7. The van der Waals surface area contributed by atoms with Crippen molar-refractivity contribution in [3.63, 3.8) is 0 Å². The third-order valence-electron chi connectivity index (χ3n) is 4.79. The van der Waals surface area contributed by atoms with Gasteiger partial charge in [-0.15, -0.1) is 0 Å². The molecule has 1 nitrogen and oxygen atoms in total. The molecule has 2 aliphatic carbocycles. The molecule has 0 unspecified atom stereocenters. The molecule has 2 saturated carbocycles. The summed E-state index contributed by atoms with van der Waals surface area (Å²) in [6.45, 7) is 4.89. The first-order valence-corrected chi connectivity index (χ1v) is 7.78. The van der Waals surface area contributed by atoms with Gasteiger partial charge in [-0.2, -0.15) is 12.6 Å². The van der Waals surface area contributed by atoms with E-state index in [0.717, 1.165) is 11.8 Å². The summed E-state index contributed by atoms with van der Waals surface area (Å²) in [4.78, 5) is 2.76. The molecule has 0 bridgehead atoms. The molecular formula is C14H27NS. The molecule has 0 atom stereocenters. The fraction of sp³-hybridized carbons (Fsp3) is 1.00. The minimum absolute atomic E-state index is 0.557. The van der Waals surface area contributed by atoms with Crippen LogP contribution in [0.5, 0.6) is 0 Å². The third kappa shape index (κ3) is 2.76. The molecule has 0 aliphatic heterocycles. The van der Waals surface area contributed by atoms with E-state index in [1.165, 1.54) is 64.5 Å². The van der Waals surface area contributed by atoms with Crippen LogP contribution in [0.2, 0.25) is 0 Å². The molecule has 0 heterocycles. The molecule has 2 heteroatoms. The van der Waals surface area contributed by atoms with Crippen LogP contribution in [0.15, 0.2) is 0 Å². The van der Waals surface area contributed by atoms with Crippen LogP contribution in [-0.4, -0.2) is 29.8 Å². The predicted molar refractivity (Wildman–Crippen MR) is 74.3 cm³/mol. The van der Waals surface area contributed by atoms with Crippen LogP contribution < -0.4 is 0 Å². The Hall–Kier alpha value is 0.310. The van der Waals surface area contributed by atoms with E-state index in [2.05, 4.69) is 24.5 Å². The largest absolute Gasteiger partial charge is 0.300 e.